The second kappa shape index (κ2) is 11.4. The van der Waals surface area contributed by atoms with E-state index in [1.165, 1.54) is 24.5 Å². The molecule has 10 nitrogen and oxygen atoms in total. The van der Waals surface area contributed by atoms with Crippen LogP contribution in [0.1, 0.15) is 56.3 Å². The van der Waals surface area contributed by atoms with Crippen LogP contribution in [0.5, 0.6) is 0 Å². The van der Waals surface area contributed by atoms with Gasteiger partial charge >= 0.3 is 5.97 Å². The van der Waals surface area contributed by atoms with Crippen LogP contribution in [0.4, 0.5) is 4.39 Å². The number of hydrogen-bond acceptors (Lipinski definition) is 9. The number of halogens is 2. The third kappa shape index (κ3) is 6.09. The van der Waals surface area contributed by atoms with E-state index in [0.29, 0.717) is 35.2 Å². The Morgan fingerprint density at radius 3 is 2.83 bits per heavy atom. The molecule has 3 atom stereocenters. The molecule has 218 valence electrons. The van der Waals surface area contributed by atoms with Gasteiger partial charge in [-0.15, -0.1) is 0 Å². The van der Waals surface area contributed by atoms with Crippen LogP contribution in [0, 0.1) is 6.92 Å². The largest absolute Gasteiger partial charge is 0.466 e. The predicted molar refractivity (Wildman–Crippen MR) is 153 cm³/mol. The average Bonchev–Trinajstić information content (AvgIpc) is 3.29. The van der Waals surface area contributed by atoms with E-state index in [1.807, 2.05) is 6.92 Å². The number of aliphatic imine (C=N–C) groups is 1. The van der Waals surface area contributed by atoms with E-state index in [9.17, 15) is 22.7 Å². The topological polar surface area (TPSA) is 135 Å². The number of aliphatic hydroxyl groups is 1. The average molecular weight is 604 g/mol. The minimum absolute atomic E-state index is 0.0488. The quantitative estimate of drug-likeness (QED) is 0.325. The normalized spacial score (nSPS) is 23.0. The smallest absolute Gasteiger partial charge is 0.308 e. The van der Waals surface area contributed by atoms with E-state index in [2.05, 4.69) is 20.6 Å². The standard InChI is InChI=1S/C28H31ClFN5O5S/c1-3-40-24(36)13-28(37)10-4-5-19(12-28)33-26-23(30)15-31-25(34-26)22-16-35(27-21(22)11-18(29)14-32-27)41(38,39)20-8-6-17(2)7-9-20/h6-9,11,14-16,19,25,33-34,37H,3-5,10,12-13H2,1-2H3/t19-,25?,28-/m0/s1. The summed E-state index contributed by atoms with van der Waals surface area (Å²) in [5.74, 6) is -1.08. The number of aryl methyl sites for hydroxylation is 1. The summed E-state index contributed by atoms with van der Waals surface area (Å²) in [6.07, 6.45) is 4.78. The first-order valence-corrected chi connectivity index (χ1v) is 15.1. The van der Waals surface area contributed by atoms with Crippen LogP contribution in [0.25, 0.3) is 11.0 Å². The van der Waals surface area contributed by atoms with Crippen LogP contribution >= 0.6 is 11.6 Å². The van der Waals surface area contributed by atoms with Gasteiger partial charge < -0.3 is 20.5 Å². The maximum absolute atomic E-state index is 15.0. The molecule has 1 unspecified atom stereocenters. The number of nitrogens with one attached hydrogen (secondary N) is 2. The second-order valence-electron chi connectivity index (χ2n) is 10.4. The molecular weight excluding hydrogens is 573 g/mol. The van der Waals surface area contributed by atoms with Gasteiger partial charge in [-0.2, -0.15) is 0 Å². The fourth-order valence-electron chi connectivity index (χ4n) is 5.33. The van der Waals surface area contributed by atoms with E-state index < -0.39 is 33.6 Å². The molecule has 0 bridgehead atoms. The van der Waals surface area contributed by atoms with E-state index in [-0.39, 0.29) is 41.9 Å². The monoisotopic (exact) mass is 603 g/mol. The summed E-state index contributed by atoms with van der Waals surface area (Å²) in [6, 6.07) is 7.73. The lowest BCUT2D eigenvalue weighted by Crippen LogP contribution is -2.47. The summed E-state index contributed by atoms with van der Waals surface area (Å²) < 4.78 is 48.2. The van der Waals surface area contributed by atoms with E-state index >= 15 is 0 Å². The Bertz CT molecular complexity index is 1640. The summed E-state index contributed by atoms with van der Waals surface area (Å²) in [4.78, 5) is 20.7. The Labute approximate surface area is 242 Å². The minimum atomic E-state index is -4.02. The Balaban J connectivity index is 1.42. The number of carbonyl (C=O) groups is 1. The molecule has 0 amide bonds. The van der Waals surface area contributed by atoms with Gasteiger partial charge in [0.1, 0.15) is 12.0 Å². The lowest BCUT2D eigenvalue weighted by molar-refractivity contribution is -0.150. The number of ether oxygens (including phenoxy) is 1. The van der Waals surface area contributed by atoms with Crippen molar-refractivity contribution in [1.29, 1.82) is 0 Å². The first-order valence-electron chi connectivity index (χ1n) is 13.3. The van der Waals surface area contributed by atoms with Crippen molar-refractivity contribution in [3.8, 4) is 0 Å². The summed E-state index contributed by atoms with van der Waals surface area (Å²) in [5, 5.41) is 17.9. The number of benzene rings is 1. The molecule has 3 N–H and O–H groups in total. The molecule has 2 aliphatic rings. The SMILES string of the molecule is CCOC(=O)C[C@]1(O)CCC[C@H](NC2=C(F)C=NC(c3cn(S(=O)(=O)c4ccc(C)cc4)c4ncc(Cl)cc34)N2)C1. The van der Waals surface area contributed by atoms with Crippen LogP contribution in [0.3, 0.4) is 0 Å². The highest BCUT2D eigenvalue weighted by Crippen LogP contribution is 2.35. The molecule has 1 aromatic carbocycles. The van der Waals surface area contributed by atoms with Crippen molar-refractivity contribution >= 4 is 44.8 Å². The van der Waals surface area contributed by atoms with Crippen molar-refractivity contribution < 1.29 is 27.4 Å². The number of hydrogen-bond donors (Lipinski definition) is 3. The fourth-order valence-corrected chi connectivity index (χ4v) is 6.82. The number of nitrogens with zero attached hydrogens (tertiary/aromatic N) is 3. The Morgan fingerprint density at radius 1 is 1.34 bits per heavy atom. The predicted octanol–water partition coefficient (Wildman–Crippen LogP) is 4.26. The minimum Gasteiger partial charge on any atom is -0.466 e. The molecule has 0 saturated heterocycles. The van der Waals surface area contributed by atoms with Crippen molar-refractivity contribution in [3.05, 3.63) is 70.5 Å². The highest BCUT2D eigenvalue weighted by molar-refractivity contribution is 7.90. The molecule has 1 fully saturated rings. The number of rotatable bonds is 8. The lowest BCUT2D eigenvalue weighted by Gasteiger charge is -2.38. The van der Waals surface area contributed by atoms with Gasteiger partial charge in [-0.25, -0.2) is 21.8 Å². The van der Waals surface area contributed by atoms with E-state index in [1.54, 1.807) is 25.1 Å². The molecule has 0 radical (unpaired) electrons. The second-order valence-corrected chi connectivity index (χ2v) is 12.7. The third-order valence-electron chi connectivity index (χ3n) is 7.29. The number of pyridine rings is 1. The number of allylic oxidation sites excluding steroid dienone is 1. The zero-order valence-electron chi connectivity index (χ0n) is 22.6. The van der Waals surface area contributed by atoms with Gasteiger partial charge in [0.25, 0.3) is 10.0 Å². The van der Waals surface area contributed by atoms with Crippen molar-refractivity contribution in [2.24, 2.45) is 4.99 Å². The lowest BCUT2D eigenvalue weighted by atomic mass is 9.79. The van der Waals surface area contributed by atoms with Gasteiger partial charge in [0, 0.05) is 29.4 Å². The molecule has 41 heavy (non-hydrogen) atoms. The zero-order valence-corrected chi connectivity index (χ0v) is 24.2. The highest BCUT2D eigenvalue weighted by Gasteiger charge is 2.38. The van der Waals surface area contributed by atoms with Gasteiger partial charge in [0.15, 0.2) is 11.5 Å². The maximum atomic E-state index is 15.0. The van der Waals surface area contributed by atoms with Crippen LogP contribution in [0.2, 0.25) is 5.02 Å². The first-order chi connectivity index (χ1) is 19.5. The van der Waals surface area contributed by atoms with Crippen molar-refractivity contribution in [2.45, 2.75) is 68.7 Å². The van der Waals surface area contributed by atoms with E-state index in [0.717, 1.165) is 15.8 Å². The summed E-state index contributed by atoms with van der Waals surface area (Å²) in [7, 11) is -4.02. The maximum Gasteiger partial charge on any atom is 0.308 e. The molecule has 0 spiro atoms. The van der Waals surface area contributed by atoms with Gasteiger partial charge in [-0.3, -0.25) is 9.79 Å². The van der Waals surface area contributed by atoms with Crippen molar-refractivity contribution in [3.63, 3.8) is 0 Å². The fraction of sp³-hybridized carbons (Fsp3) is 0.393. The van der Waals surface area contributed by atoms with Crippen molar-refractivity contribution in [1.82, 2.24) is 19.6 Å². The molecule has 3 heterocycles. The van der Waals surface area contributed by atoms with E-state index in [4.69, 9.17) is 16.3 Å². The van der Waals surface area contributed by atoms with Gasteiger partial charge in [0.2, 0.25) is 0 Å². The molecular formula is C28H31ClFN5O5S. The summed E-state index contributed by atoms with van der Waals surface area (Å²) in [5.41, 5.74) is 0.236. The van der Waals surface area contributed by atoms with Crippen LogP contribution in [-0.2, 0) is 19.6 Å². The zero-order chi connectivity index (χ0) is 29.4. The van der Waals surface area contributed by atoms with Gasteiger partial charge in [0.05, 0.1) is 34.8 Å². The Morgan fingerprint density at radius 2 is 2.10 bits per heavy atom. The third-order valence-corrected chi connectivity index (χ3v) is 9.16. The number of carbonyl (C=O) groups excluding carboxylic acids is 1. The Hall–Kier alpha value is -3.48. The number of esters is 1. The molecule has 1 aliphatic heterocycles. The van der Waals surface area contributed by atoms with Gasteiger partial charge in [-0.1, -0.05) is 29.3 Å². The van der Waals surface area contributed by atoms with Gasteiger partial charge in [-0.05, 0) is 57.7 Å². The van der Waals surface area contributed by atoms with Crippen LogP contribution < -0.4 is 10.6 Å². The first kappa shape index (κ1) is 29.0. The number of fused-ring (bicyclic) bond motifs is 1. The summed E-state index contributed by atoms with van der Waals surface area (Å²) in [6.45, 7) is 3.79. The Kier molecular flexibility index (Phi) is 8.09. The molecule has 5 rings (SSSR count). The molecule has 3 aromatic rings. The number of aromatic nitrogens is 2. The molecule has 13 heteroatoms. The van der Waals surface area contributed by atoms with Crippen LogP contribution in [0.15, 0.2) is 64.3 Å². The van der Waals surface area contributed by atoms with Crippen LogP contribution in [-0.4, -0.2) is 52.9 Å². The van der Waals surface area contributed by atoms with Crippen molar-refractivity contribution in [2.75, 3.05) is 6.61 Å². The molecule has 1 saturated carbocycles. The molecule has 1 aliphatic carbocycles. The highest BCUT2D eigenvalue weighted by atomic mass is 35.5. The summed E-state index contributed by atoms with van der Waals surface area (Å²) >= 11 is 6.23. The molecule has 2 aromatic heterocycles.